The zero-order chi connectivity index (χ0) is 77.1. The van der Waals surface area contributed by atoms with Crippen LogP contribution in [0.5, 0.6) is 0 Å². The Morgan fingerprint density at radius 2 is 0.629 bits per heavy atom. The summed E-state index contributed by atoms with van der Waals surface area (Å²) < 4.78 is 129. The molecule has 0 saturated heterocycles. The number of hydrogen-bond donors (Lipinski definition) is 3. The Kier molecular flexibility index (Phi) is 60.0. The smallest absolute Gasteiger partial charge is 0.408 e. The van der Waals surface area contributed by atoms with E-state index in [2.05, 4.69) is 15.1 Å². The van der Waals surface area contributed by atoms with Gasteiger partial charge in [-0.3, -0.25) is 0 Å². The minimum atomic E-state index is -0.958. The molecule has 30 nitrogen and oxygen atoms in total. The summed E-state index contributed by atoms with van der Waals surface area (Å²) in [5.41, 5.74) is 2.53. The van der Waals surface area contributed by atoms with Gasteiger partial charge >= 0.3 is 11.1 Å². The van der Waals surface area contributed by atoms with Gasteiger partial charge in [0.25, 0.3) is 0 Å². The number of hydrogen-bond acceptors (Lipinski definition) is 29. The molecule has 1 aromatic carbocycles. The van der Waals surface area contributed by atoms with Crippen LogP contribution in [0.3, 0.4) is 0 Å². The third-order valence-electron chi connectivity index (χ3n) is 14.8. The first-order valence-electron chi connectivity index (χ1n) is 37.5. The van der Waals surface area contributed by atoms with Crippen molar-refractivity contribution in [3.05, 3.63) is 35.3 Å². The average molecular weight is 1530 g/mol. The molecule has 3 N–H and O–H groups in total. The zero-order valence-corrected chi connectivity index (χ0v) is 67.0. The van der Waals surface area contributed by atoms with Crippen LogP contribution in [-0.2, 0) is 116 Å². The van der Waals surface area contributed by atoms with Gasteiger partial charge in [0.1, 0.15) is 11.9 Å². The molecule has 14 atom stereocenters. The van der Waals surface area contributed by atoms with E-state index >= 15 is 0 Å². The Hall–Kier alpha value is -3.24. The summed E-state index contributed by atoms with van der Waals surface area (Å²) in [5.74, 6) is -0.958. The summed E-state index contributed by atoms with van der Waals surface area (Å²) in [6, 6.07) is 5.92. The van der Waals surface area contributed by atoms with Gasteiger partial charge < -0.3 is 124 Å². The third-order valence-corrected chi connectivity index (χ3v) is 15.6. The van der Waals surface area contributed by atoms with Crippen molar-refractivity contribution in [2.24, 2.45) is 10.2 Å². The number of thiazole rings is 1. The number of azo groups is 1. The van der Waals surface area contributed by atoms with E-state index < -0.39 is 18.2 Å². The van der Waals surface area contributed by atoms with Crippen LogP contribution in [0.4, 0.5) is 16.5 Å². The number of aliphatic hydroxyl groups is 2. The Labute approximate surface area is 631 Å². The van der Waals surface area contributed by atoms with Gasteiger partial charge in [-0.05, 0) is 144 Å². The first-order valence-corrected chi connectivity index (χ1v) is 38.4. The highest BCUT2D eigenvalue weighted by Crippen LogP contribution is 2.27. The first-order chi connectivity index (χ1) is 50.5. The normalized spacial score (nSPS) is 16.2. The maximum absolute atomic E-state index is 11.3. The fourth-order valence-corrected chi connectivity index (χ4v) is 9.53. The molecular weight excluding hydrogens is 1390 g/mol. The van der Waals surface area contributed by atoms with Crippen LogP contribution in [0.1, 0.15) is 102 Å². The van der Waals surface area contributed by atoms with Crippen molar-refractivity contribution in [2.45, 2.75) is 196 Å². The van der Waals surface area contributed by atoms with Crippen LogP contribution < -0.4 is 9.47 Å². The second-order valence-electron chi connectivity index (χ2n) is 26.3. The maximum Gasteiger partial charge on any atom is 0.408 e. The first kappa shape index (κ1) is 97.8. The Morgan fingerprint density at radius 1 is 0.371 bits per heavy atom. The van der Waals surface area contributed by atoms with E-state index in [0.717, 1.165) is 11.3 Å². The second-order valence-corrected chi connectivity index (χ2v) is 27.2. The molecule has 2 rings (SSSR count). The number of carbonyl (C=O) groups is 1. The Bertz CT molecular complexity index is 2260. The van der Waals surface area contributed by atoms with E-state index in [0.29, 0.717) is 222 Å². The quantitative estimate of drug-likeness (QED) is 0.0329. The molecule has 0 amide bonds. The van der Waals surface area contributed by atoms with Crippen molar-refractivity contribution >= 4 is 33.8 Å². The highest BCUT2D eigenvalue weighted by molar-refractivity contribution is 7.12. The minimum absolute atomic E-state index is 0.0995. The molecule has 0 spiro atoms. The molecular formula is C74H137N4O26S+. The van der Waals surface area contributed by atoms with Crippen LogP contribution in [0.15, 0.2) is 40.0 Å². The average Bonchev–Trinajstić information content (AvgIpc) is 1.57. The number of anilines is 1. The fourth-order valence-electron chi connectivity index (χ4n) is 8.85. The number of benzene rings is 1. The van der Waals surface area contributed by atoms with Crippen molar-refractivity contribution in [3.8, 4) is 0 Å². The molecule has 0 aliphatic carbocycles. The molecule has 0 saturated carbocycles. The molecule has 14 unspecified atom stereocenters. The van der Waals surface area contributed by atoms with Crippen molar-refractivity contribution < 1.29 is 129 Å². The summed E-state index contributed by atoms with van der Waals surface area (Å²) in [4.78, 5) is 13.5. The third kappa shape index (κ3) is 57.5. The predicted octanol–water partition coefficient (Wildman–Crippen LogP) is 7.44. The molecule has 0 aliphatic rings. The van der Waals surface area contributed by atoms with Gasteiger partial charge in [0.05, 0.1) is 302 Å². The second kappa shape index (κ2) is 64.4. The van der Waals surface area contributed by atoms with Crippen LogP contribution in [0.25, 0.3) is 0 Å². The number of rotatable bonds is 75. The van der Waals surface area contributed by atoms with Gasteiger partial charge in [0.15, 0.2) is 6.54 Å². The van der Waals surface area contributed by atoms with Gasteiger partial charge in [0.2, 0.25) is 0 Å². The van der Waals surface area contributed by atoms with Crippen molar-refractivity contribution in [2.75, 3.05) is 229 Å². The molecule has 31 heteroatoms. The monoisotopic (exact) mass is 1530 g/mol. The highest BCUT2D eigenvalue weighted by Gasteiger charge is 2.20. The topological polar surface area (TPSA) is 313 Å². The van der Waals surface area contributed by atoms with Crippen LogP contribution in [-0.4, -0.2) is 331 Å². The van der Waals surface area contributed by atoms with E-state index in [-0.39, 0.29) is 93.0 Å². The summed E-state index contributed by atoms with van der Waals surface area (Å²) >= 11 is 1.31. The predicted molar refractivity (Wildman–Crippen MR) is 396 cm³/mol. The van der Waals surface area contributed by atoms with E-state index in [1.165, 1.54) is 11.3 Å². The van der Waals surface area contributed by atoms with E-state index in [9.17, 15) is 20.1 Å². The lowest BCUT2D eigenvalue weighted by atomic mass is 10.1. The lowest BCUT2D eigenvalue weighted by Gasteiger charge is -2.25. The number of aliphatic hydroxyl groups excluding tert-OH is 2. The van der Waals surface area contributed by atoms with E-state index in [4.69, 9.17) is 104 Å². The SMILES string of the molecule is Cc1cc(N(CCOCCOCCOCCOCCOCC(C)OCC(C)OCC(C)OCC(C)OCC(C)OCC(C)OCC(C)O)CCOCCOCCOCCOCCOCC(C)OCC(C)OCC(C)OCC(C)OCC(C)OCC(C)OCC(C)O)ccc1N=Nc1scc[n+]1CC(=O)O. The van der Waals surface area contributed by atoms with Crippen LogP contribution in [0.2, 0.25) is 0 Å². The molecule has 2 aromatic rings. The van der Waals surface area contributed by atoms with Crippen molar-refractivity contribution in [3.63, 3.8) is 0 Å². The number of carboxylic acids is 1. The Morgan fingerprint density at radius 3 is 0.895 bits per heavy atom. The van der Waals surface area contributed by atoms with E-state index in [1.807, 2.05) is 108 Å². The van der Waals surface area contributed by atoms with E-state index in [1.54, 1.807) is 30.0 Å². The number of aryl methyl sites for hydroxylation is 1. The summed E-state index contributed by atoms with van der Waals surface area (Å²) in [6.07, 6.45) is -0.642. The van der Waals surface area contributed by atoms with Crippen LogP contribution in [0, 0.1) is 6.92 Å². The maximum atomic E-state index is 11.3. The summed E-state index contributed by atoms with van der Waals surface area (Å²) in [5, 5.41) is 39.1. The van der Waals surface area contributed by atoms with Crippen molar-refractivity contribution in [1.82, 2.24) is 0 Å². The largest absolute Gasteiger partial charge is 0.478 e. The Balaban J connectivity index is 1.53. The molecule has 0 aliphatic heterocycles. The van der Waals surface area contributed by atoms with Gasteiger partial charge in [0, 0.05) is 24.2 Å². The van der Waals surface area contributed by atoms with Gasteiger partial charge in [-0.1, -0.05) is 0 Å². The number of aromatic nitrogens is 1. The van der Waals surface area contributed by atoms with Gasteiger partial charge in [-0.15, -0.1) is 0 Å². The molecule has 1 heterocycles. The molecule has 1 aromatic heterocycles. The number of carboxylic acid groups (broad SMARTS) is 1. The number of ether oxygens (including phenoxy) is 22. The lowest BCUT2D eigenvalue weighted by Crippen LogP contribution is -2.35. The van der Waals surface area contributed by atoms with Crippen molar-refractivity contribution in [1.29, 1.82) is 0 Å². The lowest BCUT2D eigenvalue weighted by molar-refractivity contribution is -0.669. The highest BCUT2D eigenvalue weighted by atomic mass is 32.1. The van der Waals surface area contributed by atoms with Gasteiger partial charge in [-0.2, -0.15) is 0 Å². The molecule has 614 valence electrons. The zero-order valence-electron chi connectivity index (χ0n) is 66.1. The fraction of sp³-hybridized carbons (Fsp3) is 0.865. The van der Waals surface area contributed by atoms with Gasteiger partial charge in [-0.25, -0.2) is 9.36 Å². The molecule has 0 bridgehead atoms. The number of nitrogens with zero attached hydrogens (tertiary/aromatic N) is 4. The minimum Gasteiger partial charge on any atom is -0.478 e. The van der Waals surface area contributed by atoms with Crippen LogP contribution >= 0.6 is 11.3 Å². The summed E-state index contributed by atoms with van der Waals surface area (Å²) in [6.45, 7) is 43.3. The number of aliphatic carboxylic acids is 1. The molecule has 0 radical (unpaired) electrons. The molecule has 0 fully saturated rings. The molecule has 105 heavy (non-hydrogen) atoms. The standard InChI is InChI=1S/C74H136N4O26S/c1-56-40-71(16-17-72(56)75-76-74-78(20-39-105-74)41-73(81)82)77(18-21-83-23-25-85-27-29-87-31-33-89-35-37-91-44-59(4)95-48-63(8)99-52-67(12)103-54-69(14)101-50-65(10)97-46-61(6)93-42-57(2)79)19-22-84-24-26-86-28-30-88-32-34-90-36-38-92-45-60(5)96-49-64(9)100-53-68(13)104-55-70(15)102-51-66(11)98-47-62(7)94-43-58(3)80/h16-17,20,39-40,57-70,79-80H,18-19,21-38,41-55H2,1-15H3/p+1. The summed E-state index contributed by atoms with van der Waals surface area (Å²) in [7, 11) is 0.